The van der Waals surface area contributed by atoms with Crippen molar-refractivity contribution in [2.24, 2.45) is 5.92 Å². The summed E-state index contributed by atoms with van der Waals surface area (Å²) in [5.41, 5.74) is 9.40. The van der Waals surface area contributed by atoms with E-state index in [1.165, 1.54) is 39.1 Å². The highest BCUT2D eigenvalue weighted by Crippen LogP contribution is 2.38. The fraction of sp³-hybridized carbons (Fsp3) is 0.519. The summed E-state index contributed by atoms with van der Waals surface area (Å²) in [6.45, 7) is 17.0. The van der Waals surface area contributed by atoms with Crippen molar-refractivity contribution in [2.45, 2.75) is 61.3 Å². The number of piperidine rings is 1. The number of rotatable bonds is 4. The maximum Gasteiger partial charge on any atom is 0.147 e. The lowest BCUT2D eigenvalue weighted by Crippen LogP contribution is -2.35. The molecule has 1 aliphatic rings. The molecule has 0 saturated carbocycles. The molecule has 32 heavy (non-hydrogen) atoms. The van der Waals surface area contributed by atoms with Crippen molar-refractivity contribution in [3.05, 3.63) is 46.3 Å². The number of pyridine rings is 1. The molecule has 1 fully saturated rings. The van der Waals surface area contributed by atoms with E-state index in [9.17, 15) is 5.11 Å². The van der Waals surface area contributed by atoms with Crippen LogP contribution in [0.25, 0.3) is 16.7 Å². The number of ether oxygens (including phenoxy) is 1. The quantitative estimate of drug-likeness (QED) is 0.559. The van der Waals surface area contributed by atoms with Crippen LogP contribution in [0.4, 0.5) is 5.69 Å². The standard InChI is InChI=1S/C25H33N3O2.C2H6/c1-15-11-21(30-6)12-16(2)24(15)28-19(5)18(4)23-22(13-17(3)26-25(23)28)27-9-7-20(14-29)8-10-27;1-2/h11-13,20,29H,7-10,14H2,1-6H3;1-2H3. The lowest BCUT2D eigenvalue weighted by Gasteiger charge is -2.33. The minimum absolute atomic E-state index is 0.295. The summed E-state index contributed by atoms with van der Waals surface area (Å²) in [4.78, 5) is 7.49. The third-order valence-electron chi connectivity index (χ3n) is 6.71. The van der Waals surface area contributed by atoms with Gasteiger partial charge in [0, 0.05) is 42.2 Å². The number of fused-ring (bicyclic) bond motifs is 1. The van der Waals surface area contributed by atoms with Gasteiger partial charge in [-0.2, -0.15) is 0 Å². The zero-order valence-electron chi connectivity index (χ0n) is 21.0. The number of anilines is 1. The van der Waals surface area contributed by atoms with Crippen molar-refractivity contribution >= 4 is 16.7 Å². The first-order valence-electron chi connectivity index (χ1n) is 11.9. The second kappa shape index (κ2) is 9.95. The first-order valence-corrected chi connectivity index (χ1v) is 11.9. The van der Waals surface area contributed by atoms with Crippen molar-refractivity contribution < 1.29 is 9.84 Å². The lowest BCUT2D eigenvalue weighted by molar-refractivity contribution is 0.203. The molecule has 3 heterocycles. The highest BCUT2D eigenvalue weighted by Gasteiger charge is 2.25. The zero-order chi connectivity index (χ0) is 23.6. The van der Waals surface area contributed by atoms with E-state index in [1.807, 2.05) is 13.8 Å². The predicted molar refractivity (Wildman–Crippen MR) is 135 cm³/mol. The monoisotopic (exact) mass is 437 g/mol. The molecule has 0 bridgehead atoms. The first kappa shape index (κ1) is 24.1. The Bertz CT molecular complexity index is 1070. The van der Waals surface area contributed by atoms with E-state index in [-0.39, 0.29) is 0 Å². The number of aliphatic hydroxyl groups excluding tert-OH is 1. The van der Waals surface area contributed by atoms with E-state index in [4.69, 9.17) is 9.72 Å². The number of nitrogens with zero attached hydrogens (tertiary/aromatic N) is 3. The second-order valence-electron chi connectivity index (χ2n) is 8.75. The minimum atomic E-state index is 0.295. The molecule has 5 heteroatoms. The van der Waals surface area contributed by atoms with Gasteiger partial charge in [0.25, 0.3) is 0 Å². The molecule has 0 spiro atoms. The van der Waals surface area contributed by atoms with Crippen LogP contribution in [0.2, 0.25) is 0 Å². The molecule has 5 nitrogen and oxygen atoms in total. The Kier molecular flexibility index (Phi) is 7.50. The van der Waals surface area contributed by atoms with Gasteiger partial charge in [-0.05, 0) is 88.3 Å². The molecule has 174 valence electrons. The number of benzene rings is 1. The smallest absolute Gasteiger partial charge is 0.147 e. The second-order valence-corrected chi connectivity index (χ2v) is 8.75. The van der Waals surface area contributed by atoms with Gasteiger partial charge in [0.15, 0.2) is 0 Å². The van der Waals surface area contributed by atoms with E-state index in [1.54, 1.807) is 7.11 Å². The van der Waals surface area contributed by atoms with E-state index >= 15 is 0 Å². The third kappa shape index (κ3) is 4.23. The average Bonchev–Trinajstić information content (AvgIpc) is 3.04. The summed E-state index contributed by atoms with van der Waals surface area (Å²) < 4.78 is 7.80. The molecule has 1 aliphatic heterocycles. The Morgan fingerprint density at radius 1 is 1.00 bits per heavy atom. The van der Waals surface area contributed by atoms with Crippen LogP contribution in [-0.2, 0) is 0 Å². The number of hydrogen-bond acceptors (Lipinski definition) is 4. The van der Waals surface area contributed by atoms with Gasteiger partial charge in [-0.25, -0.2) is 4.98 Å². The largest absolute Gasteiger partial charge is 0.497 e. The number of aryl methyl sites for hydroxylation is 4. The van der Waals surface area contributed by atoms with Gasteiger partial charge < -0.3 is 14.7 Å². The first-order chi connectivity index (χ1) is 15.3. The Balaban J connectivity index is 0.00000141. The molecule has 4 rings (SSSR count). The minimum Gasteiger partial charge on any atom is -0.497 e. The van der Waals surface area contributed by atoms with Gasteiger partial charge >= 0.3 is 0 Å². The highest BCUT2D eigenvalue weighted by atomic mass is 16.5. The molecule has 0 unspecified atom stereocenters. The molecule has 0 aliphatic carbocycles. The topological polar surface area (TPSA) is 50.5 Å². The summed E-state index contributed by atoms with van der Waals surface area (Å²) in [5.74, 6) is 1.31. The van der Waals surface area contributed by atoms with Crippen molar-refractivity contribution in [2.75, 3.05) is 31.7 Å². The Morgan fingerprint density at radius 2 is 1.59 bits per heavy atom. The fourth-order valence-corrected chi connectivity index (χ4v) is 4.94. The normalized spacial score (nSPS) is 14.5. The molecule has 0 atom stereocenters. The summed E-state index contributed by atoms with van der Waals surface area (Å²) >= 11 is 0. The maximum atomic E-state index is 9.52. The Morgan fingerprint density at radius 3 is 2.12 bits per heavy atom. The van der Waals surface area contributed by atoms with Gasteiger partial charge in [-0.15, -0.1) is 0 Å². The van der Waals surface area contributed by atoms with E-state index in [2.05, 4.69) is 62.3 Å². The van der Waals surface area contributed by atoms with Gasteiger partial charge in [0.05, 0.1) is 12.8 Å². The fourth-order valence-electron chi connectivity index (χ4n) is 4.94. The lowest BCUT2D eigenvalue weighted by atomic mass is 9.97. The van der Waals surface area contributed by atoms with Crippen LogP contribution in [-0.4, -0.2) is 41.5 Å². The zero-order valence-corrected chi connectivity index (χ0v) is 21.0. The van der Waals surface area contributed by atoms with Crippen LogP contribution in [0.15, 0.2) is 18.2 Å². The third-order valence-corrected chi connectivity index (χ3v) is 6.71. The van der Waals surface area contributed by atoms with Crippen molar-refractivity contribution in [1.82, 2.24) is 9.55 Å². The number of aromatic nitrogens is 2. The van der Waals surface area contributed by atoms with E-state index in [0.717, 1.165) is 43.0 Å². The molecule has 0 amide bonds. The molecule has 2 aromatic heterocycles. The van der Waals surface area contributed by atoms with Crippen molar-refractivity contribution in [3.8, 4) is 11.4 Å². The van der Waals surface area contributed by atoms with Crippen LogP contribution in [0.5, 0.6) is 5.75 Å². The predicted octanol–water partition coefficient (Wildman–Crippen LogP) is 5.81. The van der Waals surface area contributed by atoms with Crippen LogP contribution < -0.4 is 9.64 Å². The van der Waals surface area contributed by atoms with Crippen LogP contribution in [0.1, 0.15) is 54.8 Å². The molecule has 1 N–H and O–H groups in total. The van der Waals surface area contributed by atoms with Crippen LogP contribution >= 0.6 is 0 Å². The Labute approximate surface area is 193 Å². The summed E-state index contributed by atoms with van der Waals surface area (Å²) in [5, 5.41) is 10.8. The van der Waals surface area contributed by atoms with Crippen LogP contribution in [0, 0.1) is 40.5 Å². The summed E-state index contributed by atoms with van der Waals surface area (Å²) in [6, 6.07) is 6.42. The molecule has 0 radical (unpaired) electrons. The SMILES string of the molecule is CC.COc1cc(C)c(-n2c(C)c(C)c3c(N4CCC(CO)CC4)cc(C)nc32)c(C)c1. The maximum absolute atomic E-state index is 9.52. The van der Waals surface area contributed by atoms with Crippen molar-refractivity contribution in [1.29, 1.82) is 0 Å². The Hall–Kier alpha value is -2.53. The van der Waals surface area contributed by atoms with Gasteiger partial charge in [-0.1, -0.05) is 13.8 Å². The number of methoxy groups -OCH3 is 1. The van der Waals surface area contributed by atoms with Crippen molar-refractivity contribution in [3.63, 3.8) is 0 Å². The number of hydrogen-bond donors (Lipinski definition) is 1. The molecular weight excluding hydrogens is 398 g/mol. The summed E-state index contributed by atoms with van der Waals surface area (Å²) in [6.07, 6.45) is 2.07. The molecular formula is C27H39N3O2. The van der Waals surface area contributed by atoms with Gasteiger partial charge in [0.1, 0.15) is 11.4 Å². The van der Waals surface area contributed by atoms with Gasteiger partial charge in [-0.3, -0.25) is 4.57 Å². The van der Waals surface area contributed by atoms with Gasteiger partial charge in [0.2, 0.25) is 0 Å². The van der Waals surface area contributed by atoms with Crippen LogP contribution in [0.3, 0.4) is 0 Å². The van der Waals surface area contributed by atoms with E-state index < -0.39 is 0 Å². The average molecular weight is 438 g/mol. The number of aliphatic hydroxyl groups is 1. The van der Waals surface area contributed by atoms with E-state index in [0.29, 0.717) is 12.5 Å². The molecule has 1 aromatic carbocycles. The molecule has 3 aromatic rings. The highest BCUT2D eigenvalue weighted by molar-refractivity contribution is 5.96. The summed E-state index contributed by atoms with van der Waals surface area (Å²) in [7, 11) is 1.71. The molecule has 1 saturated heterocycles.